The molecule has 15 heavy (non-hydrogen) atoms. The van der Waals surface area contributed by atoms with Gasteiger partial charge in [-0.3, -0.25) is 4.68 Å². The highest BCUT2D eigenvalue weighted by Gasteiger charge is 2.34. The summed E-state index contributed by atoms with van der Waals surface area (Å²) in [5, 5.41) is 4.22. The van der Waals surface area contributed by atoms with Gasteiger partial charge in [0.05, 0.1) is 6.20 Å². The summed E-state index contributed by atoms with van der Waals surface area (Å²) in [6, 6.07) is 0. The molecule has 0 radical (unpaired) electrons. The van der Waals surface area contributed by atoms with E-state index in [9.17, 15) is 0 Å². The number of rotatable bonds is 2. The van der Waals surface area contributed by atoms with Gasteiger partial charge in [-0.05, 0) is 18.8 Å². The highest BCUT2D eigenvalue weighted by Crippen LogP contribution is 2.38. The van der Waals surface area contributed by atoms with Crippen molar-refractivity contribution in [1.82, 2.24) is 9.78 Å². The summed E-state index contributed by atoms with van der Waals surface area (Å²) in [6.45, 7) is 2.26. The maximum absolute atomic E-state index is 6.51. The molecule has 2 atom stereocenters. The second kappa shape index (κ2) is 3.97. The average Bonchev–Trinajstić information content (AvgIpc) is 2.65. The molecule has 1 fully saturated rings. The smallest absolute Gasteiger partial charge is 0.0540 e. The van der Waals surface area contributed by atoms with Crippen molar-refractivity contribution in [2.24, 2.45) is 18.7 Å². The Morgan fingerprint density at radius 3 is 3.07 bits per heavy atom. The van der Waals surface area contributed by atoms with Crippen LogP contribution in [0.4, 0.5) is 0 Å². The lowest BCUT2D eigenvalue weighted by Crippen LogP contribution is -2.41. The molecular weight excluding hydrogens is 186 g/mol. The fourth-order valence-corrected chi connectivity index (χ4v) is 2.71. The van der Waals surface area contributed by atoms with Crippen molar-refractivity contribution in [1.29, 1.82) is 0 Å². The van der Waals surface area contributed by atoms with Crippen LogP contribution in [0, 0.1) is 5.92 Å². The Bertz CT molecular complexity index is 331. The molecule has 0 spiro atoms. The maximum Gasteiger partial charge on any atom is 0.0540 e. The second-order valence-electron chi connectivity index (χ2n) is 4.93. The van der Waals surface area contributed by atoms with Crippen LogP contribution < -0.4 is 5.73 Å². The van der Waals surface area contributed by atoms with E-state index in [1.54, 1.807) is 0 Å². The van der Waals surface area contributed by atoms with Crippen molar-refractivity contribution in [3.05, 3.63) is 18.0 Å². The van der Waals surface area contributed by atoms with Crippen LogP contribution >= 0.6 is 0 Å². The SMILES string of the molecule is CCC1CCCC(N)(c2cnn(C)c2)C1. The molecule has 0 amide bonds. The van der Waals surface area contributed by atoms with E-state index in [0.29, 0.717) is 0 Å². The summed E-state index contributed by atoms with van der Waals surface area (Å²) in [4.78, 5) is 0. The first-order valence-electron chi connectivity index (χ1n) is 5.92. The molecule has 1 aromatic heterocycles. The Balaban J connectivity index is 2.18. The fraction of sp³-hybridized carbons (Fsp3) is 0.750. The summed E-state index contributed by atoms with van der Waals surface area (Å²) in [7, 11) is 1.95. The number of nitrogens with zero attached hydrogens (tertiary/aromatic N) is 2. The van der Waals surface area contributed by atoms with Crippen LogP contribution in [-0.2, 0) is 12.6 Å². The summed E-state index contributed by atoms with van der Waals surface area (Å²) >= 11 is 0. The molecule has 2 unspecified atom stereocenters. The molecule has 1 aromatic rings. The molecule has 0 bridgehead atoms. The van der Waals surface area contributed by atoms with Crippen molar-refractivity contribution >= 4 is 0 Å². The zero-order valence-corrected chi connectivity index (χ0v) is 9.74. The topological polar surface area (TPSA) is 43.8 Å². The minimum Gasteiger partial charge on any atom is -0.321 e. The Morgan fingerprint density at radius 2 is 2.47 bits per heavy atom. The molecule has 0 aliphatic heterocycles. The lowest BCUT2D eigenvalue weighted by Gasteiger charge is -2.37. The van der Waals surface area contributed by atoms with Crippen molar-refractivity contribution < 1.29 is 0 Å². The maximum atomic E-state index is 6.51. The highest BCUT2D eigenvalue weighted by molar-refractivity contribution is 5.18. The van der Waals surface area contributed by atoms with E-state index in [-0.39, 0.29) is 5.54 Å². The summed E-state index contributed by atoms with van der Waals surface area (Å²) < 4.78 is 1.85. The van der Waals surface area contributed by atoms with Gasteiger partial charge >= 0.3 is 0 Å². The van der Waals surface area contributed by atoms with Crippen LogP contribution in [0.3, 0.4) is 0 Å². The van der Waals surface area contributed by atoms with Crippen LogP contribution in [0.25, 0.3) is 0 Å². The lowest BCUT2D eigenvalue weighted by atomic mass is 9.73. The van der Waals surface area contributed by atoms with Crippen LogP contribution in [-0.4, -0.2) is 9.78 Å². The number of hydrogen-bond acceptors (Lipinski definition) is 2. The highest BCUT2D eigenvalue weighted by atomic mass is 15.2. The molecule has 1 aliphatic carbocycles. The molecule has 2 N–H and O–H groups in total. The third-order valence-electron chi connectivity index (χ3n) is 3.75. The Labute approximate surface area is 91.7 Å². The lowest BCUT2D eigenvalue weighted by molar-refractivity contribution is 0.221. The normalized spacial score (nSPS) is 31.8. The van der Waals surface area contributed by atoms with Crippen molar-refractivity contribution in [3.8, 4) is 0 Å². The van der Waals surface area contributed by atoms with Gasteiger partial charge in [-0.25, -0.2) is 0 Å². The van der Waals surface area contributed by atoms with Gasteiger partial charge in [0.25, 0.3) is 0 Å². The average molecular weight is 207 g/mol. The van der Waals surface area contributed by atoms with Gasteiger partial charge in [-0.2, -0.15) is 5.10 Å². The van der Waals surface area contributed by atoms with Gasteiger partial charge < -0.3 is 5.73 Å². The van der Waals surface area contributed by atoms with Gasteiger partial charge in [-0.15, -0.1) is 0 Å². The number of aryl methyl sites for hydroxylation is 1. The van der Waals surface area contributed by atoms with Gasteiger partial charge in [0, 0.05) is 24.3 Å². The van der Waals surface area contributed by atoms with Gasteiger partial charge in [-0.1, -0.05) is 26.2 Å². The first-order valence-corrected chi connectivity index (χ1v) is 5.92. The second-order valence-corrected chi connectivity index (χ2v) is 4.93. The monoisotopic (exact) mass is 207 g/mol. The zero-order chi connectivity index (χ0) is 10.9. The standard InChI is InChI=1S/C12H21N3/c1-3-10-5-4-6-12(13,7-10)11-8-14-15(2)9-11/h8-10H,3-7,13H2,1-2H3. The quantitative estimate of drug-likeness (QED) is 0.807. The third kappa shape index (κ3) is 2.07. The third-order valence-corrected chi connectivity index (χ3v) is 3.75. The fourth-order valence-electron chi connectivity index (χ4n) is 2.71. The minimum atomic E-state index is -0.118. The van der Waals surface area contributed by atoms with E-state index >= 15 is 0 Å². The van der Waals surface area contributed by atoms with Crippen LogP contribution in [0.5, 0.6) is 0 Å². The van der Waals surface area contributed by atoms with Crippen LogP contribution in [0.15, 0.2) is 12.4 Å². The Kier molecular flexibility index (Phi) is 2.83. The van der Waals surface area contributed by atoms with Crippen LogP contribution in [0.2, 0.25) is 0 Å². The molecule has 0 saturated heterocycles. The van der Waals surface area contributed by atoms with Crippen molar-refractivity contribution in [2.45, 2.75) is 44.6 Å². The number of hydrogen-bond donors (Lipinski definition) is 1. The summed E-state index contributed by atoms with van der Waals surface area (Å²) in [5.41, 5.74) is 7.60. The zero-order valence-electron chi connectivity index (χ0n) is 9.74. The van der Waals surface area contributed by atoms with Crippen molar-refractivity contribution in [3.63, 3.8) is 0 Å². The Hall–Kier alpha value is -0.830. The predicted molar refractivity (Wildman–Crippen MR) is 61.3 cm³/mol. The van der Waals surface area contributed by atoms with E-state index in [0.717, 1.165) is 18.8 Å². The first-order chi connectivity index (χ1) is 7.14. The molecule has 2 rings (SSSR count). The predicted octanol–water partition coefficient (Wildman–Crippen LogP) is 2.17. The molecule has 0 aromatic carbocycles. The molecule has 1 heterocycles. The summed E-state index contributed by atoms with van der Waals surface area (Å²) in [6.07, 6.45) is 10.1. The van der Waals surface area contributed by atoms with Gasteiger partial charge in [0.15, 0.2) is 0 Å². The summed E-state index contributed by atoms with van der Waals surface area (Å²) in [5.74, 6) is 0.795. The van der Waals surface area contributed by atoms with Gasteiger partial charge in [0.1, 0.15) is 0 Å². The van der Waals surface area contributed by atoms with Gasteiger partial charge in [0.2, 0.25) is 0 Å². The minimum absolute atomic E-state index is 0.118. The molecule has 1 saturated carbocycles. The number of aromatic nitrogens is 2. The first kappa shape index (κ1) is 10.7. The van der Waals surface area contributed by atoms with E-state index in [4.69, 9.17) is 5.73 Å². The molecule has 3 nitrogen and oxygen atoms in total. The number of nitrogens with two attached hydrogens (primary N) is 1. The molecular formula is C12H21N3. The van der Waals surface area contributed by atoms with E-state index < -0.39 is 0 Å². The van der Waals surface area contributed by atoms with Crippen molar-refractivity contribution in [2.75, 3.05) is 0 Å². The molecule has 1 aliphatic rings. The van der Waals surface area contributed by atoms with E-state index in [1.165, 1.54) is 24.8 Å². The molecule has 3 heteroatoms. The molecule has 84 valence electrons. The van der Waals surface area contributed by atoms with Crippen LogP contribution in [0.1, 0.15) is 44.6 Å². The largest absolute Gasteiger partial charge is 0.321 e. The van der Waals surface area contributed by atoms with E-state index in [1.807, 2.05) is 17.9 Å². The van der Waals surface area contributed by atoms with E-state index in [2.05, 4.69) is 18.2 Å². The Morgan fingerprint density at radius 1 is 1.67 bits per heavy atom.